The number of aromatic nitrogens is 2. The molecule has 0 saturated heterocycles. The Labute approximate surface area is 159 Å². The Bertz CT molecular complexity index is 976. The second kappa shape index (κ2) is 7.08. The van der Waals surface area contributed by atoms with Crippen LogP contribution in [0, 0.1) is 19.3 Å². The van der Waals surface area contributed by atoms with Gasteiger partial charge in [-0.05, 0) is 37.6 Å². The van der Waals surface area contributed by atoms with Gasteiger partial charge >= 0.3 is 0 Å². The van der Waals surface area contributed by atoms with Crippen LogP contribution in [0.3, 0.4) is 0 Å². The highest BCUT2D eigenvalue weighted by Crippen LogP contribution is 2.33. The number of pyridine rings is 1. The quantitative estimate of drug-likeness (QED) is 0.824. The van der Waals surface area contributed by atoms with E-state index in [1.165, 1.54) is 0 Å². The number of carbonyl (C=O) groups excluding carboxylic acids is 1. The topological polar surface area (TPSA) is 79.8 Å². The Morgan fingerprint density at radius 3 is 2.67 bits per heavy atom. The summed E-state index contributed by atoms with van der Waals surface area (Å²) in [7, 11) is 6.30. The minimum Gasteiger partial charge on any atom is -0.469 e. The van der Waals surface area contributed by atoms with Crippen LogP contribution in [0.25, 0.3) is 5.52 Å². The molecule has 2 aromatic rings. The van der Waals surface area contributed by atoms with Gasteiger partial charge in [0.05, 0.1) is 33.1 Å². The number of nitrogens with one attached hydrogen (secondary N) is 1. The van der Waals surface area contributed by atoms with Gasteiger partial charge in [-0.25, -0.2) is 9.51 Å². The molecule has 1 aliphatic rings. The predicted molar refractivity (Wildman–Crippen MR) is 107 cm³/mol. The summed E-state index contributed by atoms with van der Waals surface area (Å²) in [5, 5.41) is 12.2. The van der Waals surface area contributed by atoms with Crippen LogP contribution in [0.15, 0.2) is 29.3 Å². The molecule has 142 valence electrons. The highest BCUT2D eigenvalue weighted by atomic mass is 16.5. The zero-order valence-corrected chi connectivity index (χ0v) is 16.5. The fraction of sp³-hybridized carbons (Fsp3) is 0.400. The lowest BCUT2D eigenvalue weighted by atomic mass is 10.0. The van der Waals surface area contributed by atoms with Gasteiger partial charge in [0.1, 0.15) is 18.9 Å². The van der Waals surface area contributed by atoms with E-state index in [0.29, 0.717) is 29.6 Å². The number of carbonyl (C=O) groups is 1. The first kappa shape index (κ1) is 19.0. The van der Waals surface area contributed by atoms with Crippen molar-refractivity contribution in [3.63, 3.8) is 0 Å². The normalized spacial score (nSPS) is 16.6. The van der Waals surface area contributed by atoms with E-state index in [-0.39, 0.29) is 12.2 Å². The summed E-state index contributed by atoms with van der Waals surface area (Å²) in [6.45, 7) is 5.34. The molecule has 0 fully saturated rings. The van der Waals surface area contributed by atoms with Gasteiger partial charge in [-0.3, -0.25) is 4.79 Å². The Morgan fingerprint density at radius 1 is 1.26 bits per heavy atom. The number of ether oxygens (including phenoxy) is 1. The number of allylic oxidation sites excluding steroid dienone is 2. The van der Waals surface area contributed by atoms with Crippen molar-refractivity contribution in [3.8, 4) is 5.88 Å². The summed E-state index contributed by atoms with van der Waals surface area (Å²) in [4.78, 5) is 16.8. The van der Waals surface area contributed by atoms with Crippen LogP contribution in [-0.4, -0.2) is 65.6 Å². The van der Waals surface area contributed by atoms with Crippen molar-refractivity contribution in [2.75, 3.05) is 34.3 Å². The monoisotopic (exact) mass is 368 g/mol. The lowest BCUT2D eigenvalue weighted by Gasteiger charge is -2.23. The summed E-state index contributed by atoms with van der Waals surface area (Å²) >= 11 is 0. The first-order valence-corrected chi connectivity index (χ1v) is 8.95. The van der Waals surface area contributed by atoms with Crippen molar-refractivity contribution in [1.82, 2.24) is 9.61 Å². The average molecular weight is 368 g/mol. The first-order chi connectivity index (χ1) is 12.7. The molecule has 0 saturated carbocycles. The molecule has 0 spiro atoms. The van der Waals surface area contributed by atoms with Gasteiger partial charge in [0.2, 0.25) is 0 Å². The standard InChI is InChI=1S/C20H26N5O2/c1-13-6-9-17-19(22-16-8-7-15(21)12-18(16)26)20(23-24(17)14(13)2)27-11-10-25(3,4)5/h6-9,21H,10-12H2,1-5H3/q+1. The summed E-state index contributed by atoms with van der Waals surface area (Å²) < 4.78 is 8.55. The molecule has 1 aliphatic carbocycles. The molecule has 1 N–H and O–H groups in total. The zero-order valence-electron chi connectivity index (χ0n) is 16.5. The molecule has 27 heavy (non-hydrogen) atoms. The molecule has 0 amide bonds. The van der Waals surface area contributed by atoms with Crippen molar-refractivity contribution in [2.24, 2.45) is 4.99 Å². The molecule has 3 rings (SSSR count). The largest absolute Gasteiger partial charge is 0.469 e. The second-order valence-corrected chi connectivity index (χ2v) is 7.87. The number of aliphatic imine (C=N–C) groups is 1. The number of hydrogen-bond donors (Lipinski definition) is 1. The third kappa shape index (κ3) is 4.14. The van der Waals surface area contributed by atoms with Crippen LogP contribution in [0.1, 0.15) is 17.7 Å². The number of rotatable bonds is 5. The van der Waals surface area contributed by atoms with Crippen LogP contribution >= 0.6 is 0 Å². The van der Waals surface area contributed by atoms with Gasteiger partial charge in [0.25, 0.3) is 5.88 Å². The Balaban J connectivity index is 2.07. The van der Waals surface area contributed by atoms with Crippen molar-refractivity contribution >= 4 is 28.4 Å². The Kier molecular flexibility index (Phi) is 4.97. The number of quaternary nitrogens is 1. The minimum atomic E-state index is -0.164. The molecule has 0 radical (unpaired) electrons. The molecule has 0 bridgehead atoms. The maximum atomic E-state index is 12.3. The Hall–Kier alpha value is -2.80. The molecule has 0 atom stereocenters. The summed E-state index contributed by atoms with van der Waals surface area (Å²) in [5.41, 5.74) is 4.10. The fourth-order valence-electron chi connectivity index (χ4n) is 2.73. The smallest absolute Gasteiger partial charge is 0.260 e. The number of Topliss-reactive ketones (excluding diaryl/α,β-unsaturated/α-hetero) is 1. The van der Waals surface area contributed by atoms with Gasteiger partial charge in [0.15, 0.2) is 11.5 Å². The fourth-order valence-corrected chi connectivity index (χ4v) is 2.73. The molecule has 7 heteroatoms. The van der Waals surface area contributed by atoms with Crippen molar-refractivity contribution < 1.29 is 14.0 Å². The number of likely N-dealkylation sites (N-methyl/N-ethyl adjacent to an activating group) is 1. The zero-order chi connectivity index (χ0) is 19.8. The van der Waals surface area contributed by atoms with Crippen molar-refractivity contribution in [2.45, 2.75) is 20.3 Å². The molecule has 0 aromatic carbocycles. The van der Waals surface area contributed by atoms with Gasteiger partial charge in [-0.1, -0.05) is 6.07 Å². The number of ketones is 1. The van der Waals surface area contributed by atoms with Gasteiger partial charge in [-0.15, -0.1) is 5.10 Å². The SMILES string of the molecule is Cc1ccc2c(N=C3C=CC(=N)CC3=O)c(OCC[N+](C)(C)C)nn2c1C. The highest BCUT2D eigenvalue weighted by Gasteiger charge is 2.21. The maximum absolute atomic E-state index is 12.3. The summed E-state index contributed by atoms with van der Waals surface area (Å²) in [6.07, 6.45) is 3.28. The van der Waals surface area contributed by atoms with E-state index in [9.17, 15) is 4.79 Å². The van der Waals surface area contributed by atoms with E-state index in [1.54, 1.807) is 12.2 Å². The molecule has 0 unspecified atom stereocenters. The van der Waals surface area contributed by atoms with Crippen LogP contribution in [0.2, 0.25) is 0 Å². The number of nitrogens with zero attached hydrogens (tertiary/aromatic N) is 4. The summed E-state index contributed by atoms with van der Waals surface area (Å²) in [5.74, 6) is 0.259. The Morgan fingerprint density at radius 2 is 2.00 bits per heavy atom. The van der Waals surface area contributed by atoms with Crippen LogP contribution in [0.4, 0.5) is 5.69 Å². The van der Waals surface area contributed by atoms with Crippen LogP contribution in [-0.2, 0) is 4.79 Å². The second-order valence-electron chi connectivity index (χ2n) is 7.87. The highest BCUT2D eigenvalue weighted by molar-refractivity contribution is 6.50. The van der Waals surface area contributed by atoms with E-state index >= 15 is 0 Å². The van der Waals surface area contributed by atoms with Crippen LogP contribution in [0.5, 0.6) is 5.88 Å². The number of hydrogen-bond acceptors (Lipinski definition) is 5. The molecular weight excluding hydrogens is 342 g/mol. The molecular formula is C20H26N5O2+. The lowest BCUT2D eigenvalue weighted by Crippen LogP contribution is -2.38. The number of aryl methyl sites for hydroxylation is 2. The third-order valence-corrected chi connectivity index (χ3v) is 4.56. The van der Waals surface area contributed by atoms with Crippen molar-refractivity contribution in [1.29, 1.82) is 5.41 Å². The molecule has 2 heterocycles. The average Bonchev–Trinajstić information content (AvgIpc) is 2.91. The van der Waals surface area contributed by atoms with E-state index in [2.05, 4.69) is 31.2 Å². The third-order valence-electron chi connectivity index (χ3n) is 4.56. The van der Waals surface area contributed by atoms with Gasteiger partial charge in [-0.2, -0.15) is 0 Å². The van der Waals surface area contributed by atoms with Crippen molar-refractivity contribution in [3.05, 3.63) is 35.5 Å². The minimum absolute atomic E-state index is 0.0738. The molecule has 2 aromatic heterocycles. The molecule has 0 aliphatic heterocycles. The summed E-state index contributed by atoms with van der Waals surface area (Å²) in [6, 6.07) is 3.96. The van der Waals surface area contributed by atoms with E-state index in [4.69, 9.17) is 10.1 Å². The lowest BCUT2D eigenvalue weighted by molar-refractivity contribution is -0.870. The first-order valence-electron chi connectivity index (χ1n) is 8.95. The maximum Gasteiger partial charge on any atom is 0.260 e. The van der Waals surface area contributed by atoms with E-state index < -0.39 is 0 Å². The predicted octanol–water partition coefficient (Wildman–Crippen LogP) is 2.66. The van der Waals surface area contributed by atoms with Gasteiger partial charge < -0.3 is 14.6 Å². The number of fused-ring (bicyclic) bond motifs is 1. The van der Waals surface area contributed by atoms with Gasteiger partial charge in [0, 0.05) is 11.4 Å². The molecule has 7 nitrogen and oxygen atoms in total. The van der Waals surface area contributed by atoms with E-state index in [0.717, 1.165) is 27.8 Å². The van der Waals surface area contributed by atoms with Crippen LogP contribution < -0.4 is 4.74 Å². The van der Waals surface area contributed by atoms with E-state index in [1.807, 2.05) is 30.5 Å².